The first-order chi connectivity index (χ1) is 14.1. The Kier molecular flexibility index (Phi) is 7.02. The van der Waals surface area contributed by atoms with Crippen molar-refractivity contribution in [2.45, 2.75) is 6.42 Å². The summed E-state index contributed by atoms with van der Waals surface area (Å²) in [4.78, 5) is 22.3. The number of carbonyl (C=O) groups excluding carboxylic acids is 1. The summed E-state index contributed by atoms with van der Waals surface area (Å²) in [5.41, 5.74) is 1.45. The zero-order valence-electron chi connectivity index (χ0n) is 15.8. The van der Waals surface area contributed by atoms with Gasteiger partial charge in [-0.2, -0.15) is 0 Å². The highest BCUT2D eigenvalue weighted by molar-refractivity contribution is 14.1. The van der Waals surface area contributed by atoms with Gasteiger partial charge in [-0.25, -0.2) is 4.98 Å². The third-order valence-electron chi connectivity index (χ3n) is 4.90. The molecule has 0 unspecified atom stereocenters. The average molecular weight is 542 g/mol. The number of ether oxygens (including phenoxy) is 1. The van der Waals surface area contributed by atoms with Gasteiger partial charge >= 0.3 is 0 Å². The van der Waals surface area contributed by atoms with E-state index in [-0.39, 0.29) is 5.91 Å². The van der Waals surface area contributed by atoms with Gasteiger partial charge in [-0.05, 0) is 53.3 Å². The molecule has 4 rings (SSSR count). The lowest BCUT2D eigenvalue weighted by molar-refractivity contribution is 0.0376. The van der Waals surface area contributed by atoms with Gasteiger partial charge in [-0.3, -0.25) is 14.6 Å². The Morgan fingerprint density at radius 2 is 2.00 bits per heavy atom. The Balaban J connectivity index is 1.59. The lowest BCUT2D eigenvalue weighted by atomic mass is 10.2. The van der Waals surface area contributed by atoms with Gasteiger partial charge in [0.05, 0.1) is 28.5 Å². The maximum atomic E-state index is 13.4. The Bertz CT molecular complexity index is 1010. The van der Waals surface area contributed by atoms with Crippen LogP contribution in [0.4, 0.5) is 5.13 Å². The predicted molar refractivity (Wildman–Crippen MR) is 127 cm³/mol. The molecule has 0 N–H and O–H groups in total. The van der Waals surface area contributed by atoms with E-state index in [1.807, 2.05) is 42.5 Å². The van der Waals surface area contributed by atoms with Crippen molar-refractivity contribution in [2.24, 2.45) is 0 Å². The molecule has 1 saturated heterocycles. The van der Waals surface area contributed by atoms with Crippen molar-refractivity contribution in [1.82, 2.24) is 9.88 Å². The third kappa shape index (κ3) is 4.91. The molecule has 0 atom stereocenters. The van der Waals surface area contributed by atoms with Crippen LogP contribution < -0.4 is 4.90 Å². The van der Waals surface area contributed by atoms with Crippen LogP contribution >= 0.6 is 45.5 Å². The number of thiazole rings is 1. The second-order valence-corrected chi connectivity index (χ2v) is 9.41. The number of anilines is 1. The fourth-order valence-corrected chi connectivity index (χ4v) is 5.27. The molecule has 5 nitrogen and oxygen atoms in total. The van der Waals surface area contributed by atoms with Crippen LogP contribution in [-0.2, 0) is 4.74 Å². The molecule has 152 valence electrons. The van der Waals surface area contributed by atoms with E-state index in [1.54, 1.807) is 4.90 Å². The van der Waals surface area contributed by atoms with Crippen LogP contribution in [0.25, 0.3) is 10.2 Å². The summed E-state index contributed by atoms with van der Waals surface area (Å²) in [6.07, 6.45) is 0.874. The molecule has 0 aliphatic carbocycles. The van der Waals surface area contributed by atoms with Gasteiger partial charge in [0.15, 0.2) is 5.13 Å². The molecule has 0 spiro atoms. The van der Waals surface area contributed by atoms with Crippen LogP contribution in [0.1, 0.15) is 16.8 Å². The van der Waals surface area contributed by atoms with Crippen molar-refractivity contribution in [2.75, 3.05) is 44.3 Å². The number of hydrogen-bond donors (Lipinski definition) is 0. The minimum Gasteiger partial charge on any atom is -0.379 e. The zero-order valence-corrected chi connectivity index (χ0v) is 19.5. The number of rotatable bonds is 6. The van der Waals surface area contributed by atoms with Gasteiger partial charge in [0.25, 0.3) is 5.91 Å². The normalized spacial score (nSPS) is 15.0. The summed E-state index contributed by atoms with van der Waals surface area (Å²) in [5, 5.41) is 1.31. The van der Waals surface area contributed by atoms with Crippen molar-refractivity contribution in [3.05, 3.63) is 56.6 Å². The summed E-state index contributed by atoms with van der Waals surface area (Å²) >= 11 is 10.0. The van der Waals surface area contributed by atoms with Crippen molar-refractivity contribution >= 4 is 66.8 Å². The minimum absolute atomic E-state index is 0.0212. The number of morpholine rings is 1. The van der Waals surface area contributed by atoms with Gasteiger partial charge in [-0.1, -0.05) is 41.1 Å². The predicted octanol–water partition coefficient (Wildman–Crippen LogP) is 4.92. The van der Waals surface area contributed by atoms with Gasteiger partial charge < -0.3 is 4.74 Å². The number of hydrogen-bond acceptors (Lipinski definition) is 5. The molecule has 2 heterocycles. The second-order valence-electron chi connectivity index (χ2n) is 6.83. The number of aromatic nitrogens is 1. The second kappa shape index (κ2) is 9.70. The maximum Gasteiger partial charge on any atom is 0.261 e. The molecule has 1 fully saturated rings. The number of para-hydroxylation sites is 1. The summed E-state index contributed by atoms with van der Waals surface area (Å²) < 4.78 is 7.35. The Hall–Kier alpha value is -1.26. The summed E-state index contributed by atoms with van der Waals surface area (Å²) in [7, 11) is 0. The molecule has 1 amide bonds. The largest absolute Gasteiger partial charge is 0.379 e. The van der Waals surface area contributed by atoms with Crippen molar-refractivity contribution in [3.63, 3.8) is 0 Å². The fourth-order valence-electron chi connectivity index (χ4n) is 3.36. The topological polar surface area (TPSA) is 45.7 Å². The molecule has 1 aliphatic rings. The molecule has 8 heteroatoms. The molecule has 1 aliphatic heterocycles. The Morgan fingerprint density at radius 1 is 1.21 bits per heavy atom. The van der Waals surface area contributed by atoms with Crippen LogP contribution in [0, 0.1) is 3.57 Å². The quantitative estimate of drug-likeness (QED) is 0.416. The van der Waals surface area contributed by atoms with E-state index in [0.717, 1.165) is 53.1 Å². The molecule has 3 aromatic rings. The van der Waals surface area contributed by atoms with Crippen molar-refractivity contribution in [3.8, 4) is 0 Å². The van der Waals surface area contributed by atoms with Gasteiger partial charge in [0.1, 0.15) is 5.52 Å². The molecule has 0 radical (unpaired) electrons. The number of halogens is 2. The number of fused-ring (bicyclic) bond motifs is 1. The maximum absolute atomic E-state index is 13.4. The highest BCUT2D eigenvalue weighted by Gasteiger charge is 2.23. The van der Waals surface area contributed by atoms with Gasteiger partial charge in [-0.15, -0.1) is 0 Å². The van der Waals surface area contributed by atoms with Crippen LogP contribution in [0.15, 0.2) is 42.5 Å². The van der Waals surface area contributed by atoms with Crippen LogP contribution in [0.3, 0.4) is 0 Å². The fraction of sp³-hybridized carbons (Fsp3) is 0.333. The van der Waals surface area contributed by atoms with E-state index in [4.69, 9.17) is 21.3 Å². The third-order valence-corrected chi connectivity index (χ3v) is 7.19. The molecular formula is C21H21ClIN3O2S. The monoisotopic (exact) mass is 541 g/mol. The Labute approximate surface area is 192 Å². The van der Waals surface area contributed by atoms with Crippen LogP contribution in [0.2, 0.25) is 5.02 Å². The minimum atomic E-state index is -0.0212. The van der Waals surface area contributed by atoms with E-state index in [9.17, 15) is 4.79 Å². The van der Waals surface area contributed by atoms with Crippen molar-refractivity contribution in [1.29, 1.82) is 0 Å². The lowest BCUT2D eigenvalue weighted by Crippen LogP contribution is -2.39. The Morgan fingerprint density at radius 3 is 2.76 bits per heavy atom. The van der Waals surface area contributed by atoms with E-state index in [0.29, 0.717) is 22.3 Å². The summed E-state index contributed by atoms with van der Waals surface area (Å²) in [6, 6.07) is 13.4. The standard InChI is InChI=1S/C21H21ClIN3O2S/c22-16-6-3-8-18-19(16)24-21(29-18)26(10-4-9-25-11-13-28-14-12-25)20(27)15-5-1-2-7-17(15)23/h1-3,5-8H,4,9-14H2. The summed E-state index contributed by atoms with van der Waals surface area (Å²) in [5.74, 6) is -0.0212. The highest BCUT2D eigenvalue weighted by atomic mass is 127. The van der Waals surface area contributed by atoms with Crippen molar-refractivity contribution < 1.29 is 9.53 Å². The molecule has 29 heavy (non-hydrogen) atoms. The smallest absolute Gasteiger partial charge is 0.261 e. The van der Waals surface area contributed by atoms with E-state index in [2.05, 4.69) is 27.5 Å². The van der Waals surface area contributed by atoms with Gasteiger partial charge in [0, 0.05) is 29.7 Å². The van der Waals surface area contributed by atoms with E-state index in [1.165, 1.54) is 11.3 Å². The van der Waals surface area contributed by atoms with Gasteiger partial charge in [0.2, 0.25) is 0 Å². The number of carbonyl (C=O) groups is 1. The van der Waals surface area contributed by atoms with Crippen LogP contribution in [-0.4, -0.2) is 55.2 Å². The first kappa shape index (κ1) is 21.0. The average Bonchev–Trinajstić information content (AvgIpc) is 3.17. The van der Waals surface area contributed by atoms with E-state index < -0.39 is 0 Å². The summed E-state index contributed by atoms with van der Waals surface area (Å²) in [6.45, 7) is 4.99. The SMILES string of the molecule is O=C(c1ccccc1I)N(CCCN1CCOCC1)c1nc2c(Cl)cccc2s1. The highest BCUT2D eigenvalue weighted by Crippen LogP contribution is 2.33. The zero-order chi connectivity index (χ0) is 20.2. The molecule has 0 saturated carbocycles. The number of nitrogens with zero attached hydrogens (tertiary/aromatic N) is 3. The van der Waals surface area contributed by atoms with E-state index >= 15 is 0 Å². The molecule has 1 aromatic heterocycles. The number of benzene rings is 2. The molecule has 0 bridgehead atoms. The lowest BCUT2D eigenvalue weighted by Gasteiger charge is -2.27. The molecular weight excluding hydrogens is 521 g/mol. The first-order valence-electron chi connectivity index (χ1n) is 9.55. The molecule has 2 aromatic carbocycles. The first-order valence-corrected chi connectivity index (χ1v) is 11.8. The number of amides is 1. The van der Waals surface area contributed by atoms with Crippen LogP contribution in [0.5, 0.6) is 0 Å².